The number of carbonyl (C=O) groups excluding carboxylic acids is 1. The van der Waals surface area contributed by atoms with Gasteiger partial charge in [0.2, 0.25) is 0 Å². The average molecular weight is 408 g/mol. The summed E-state index contributed by atoms with van der Waals surface area (Å²) in [6.07, 6.45) is 0. The van der Waals surface area contributed by atoms with Crippen LogP contribution in [0.1, 0.15) is 15.9 Å². The molecule has 0 N–H and O–H groups in total. The highest BCUT2D eigenvalue weighted by Gasteiger charge is 2.17. The summed E-state index contributed by atoms with van der Waals surface area (Å²) in [4.78, 5) is 14.2. The van der Waals surface area contributed by atoms with Gasteiger partial charge in [-0.25, -0.2) is 0 Å². The van der Waals surface area contributed by atoms with Gasteiger partial charge >= 0.3 is 0 Å². The van der Waals surface area contributed by atoms with Gasteiger partial charge in [-0.1, -0.05) is 17.7 Å². The Balaban J connectivity index is 2.00. The van der Waals surface area contributed by atoms with Crippen molar-refractivity contribution in [3.63, 3.8) is 0 Å². The Morgan fingerprint density at radius 1 is 1.08 bits per heavy atom. The van der Waals surface area contributed by atoms with Gasteiger partial charge in [-0.3, -0.25) is 4.79 Å². The Bertz CT molecular complexity index is 706. The van der Waals surface area contributed by atoms with Gasteiger partial charge in [0, 0.05) is 12.6 Å². The lowest BCUT2D eigenvalue weighted by Gasteiger charge is -2.19. The van der Waals surface area contributed by atoms with E-state index in [2.05, 4.69) is 15.9 Å². The molecule has 0 fully saturated rings. The fraction of sp³-hybridized carbons (Fsp3) is 0.316. The second-order valence-electron chi connectivity index (χ2n) is 5.58. The number of likely N-dealkylation sites (N-methyl/N-ethyl adjacent to an activating group) is 1. The molecule has 0 radical (unpaired) electrons. The summed E-state index contributed by atoms with van der Waals surface area (Å²) >= 11 is 3.40. The number of carbonyl (C=O) groups is 1. The first-order valence-corrected chi connectivity index (χ1v) is 8.62. The molecule has 2 aromatic carbocycles. The smallest absolute Gasteiger partial charge is 0.253 e. The van der Waals surface area contributed by atoms with E-state index in [1.165, 1.54) is 5.56 Å². The summed E-state index contributed by atoms with van der Waals surface area (Å²) in [6.45, 7) is 2.90. The number of benzene rings is 2. The molecular formula is C19H22BrNO4. The molecular weight excluding hydrogens is 386 g/mol. The van der Waals surface area contributed by atoms with Crippen molar-refractivity contribution in [1.82, 2.24) is 4.90 Å². The SMILES string of the molecule is COc1cc(C(=O)N(C)CCOc2ccc(C)cc2)cc(OC)c1Br. The standard InChI is InChI=1S/C19H22BrNO4/c1-13-5-7-15(8-6-13)25-10-9-21(2)19(22)14-11-16(23-3)18(20)17(12-14)24-4/h5-8,11-12H,9-10H2,1-4H3. The summed E-state index contributed by atoms with van der Waals surface area (Å²) in [5, 5.41) is 0. The van der Waals surface area contributed by atoms with Crippen LogP contribution in [0.4, 0.5) is 0 Å². The van der Waals surface area contributed by atoms with Crippen LogP contribution in [0.5, 0.6) is 17.2 Å². The highest BCUT2D eigenvalue weighted by Crippen LogP contribution is 2.35. The van der Waals surface area contributed by atoms with Crippen LogP contribution in [-0.4, -0.2) is 45.2 Å². The number of amides is 1. The maximum Gasteiger partial charge on any atom is 0.253 e. The highest BCUT2D eigenvalue weighted by atomic mass is 79.9. The van der Waals surface area contributed by atoms with Gasteiger partial charge in [0.05, 0.1) is 20.8 Å². The van der Waals surface area contributed by atoms with Crippen LogP contribution >= 0.6 is 15.9 Å². The maximum atomic E-state index is 12.6. The molecule has 0 aliphatic rings. The Morgan fingerprint density at radius 2 is 1.64 bits per heavy atom. The van der Waals surface area contributed by atoms with E-state index in [9.17, 15) is 4.79 Å². The summed E-state index contributed by atoms with van der Waals surface area (Å²) in [7, 11) is 4.83. The van der Waals surface area contributed by atoms with Crippen LogP contribution in [-0.2, 0) is 0 Å². The van der Waals surface area contributed by atoms with Crippen LogP contribution in [0, 0.1) is 6.92 Å². The summed E-state index contributed by atoms with van der Waals surface area (Å²) < 4.78 is 16.9. The monoisotopic (exact) mass is 407 g/mol. The molecule has 1 amide bonds. The first-order valence-electron chi connectivity index (χ1n) is 7.82. The molecule has 25 heavy (non-hydrogen) atoms. The molecule has 0 unspecified atom stereocenters. The van der Waals surface area contributed by atoms with Crippen LogP contribution < -0.4 is 14.2 Å². The topological polar surface area (TPSA) is 48.0 Å². The third-order valence-corrected chi connectivity index (χ3v) is 4.54. The normalized spacial score (nSPS) is 10.3. The molecule has 0 aromatic heterocycles. The zero-order valence-electron chi connectivity index (χ0n) is 14.8. The number of hydrogen-bond acceptors (Lipinski definition) is 4. The van der Waals surface area contributed by atoms with Crippen molar-refractivity contribution < 1.29 is 19.0 Å². The number of rotatable bonds is 7. The van der Waals surface area contributed by atoms with E-state index < -0.39 is 0 Å². The zero-order chi connectivity index (χ0) is 18.4. The molecule has 0 heterocycles. The Labute approximate surface area is 156 Å². The molecule has 0 aliphatic carbocycles. The number of hydrogen-bond donors (Lipinski definition) is 0. The molecule has 0 aliphatic heterocycles. The van der Waals surface area contributed by atoms with E-state index >= 15 is 0 Å². The molecule has 0 spiro atoms. The van der Waals surface area contributed by atoms with Gasteiger partial charge in [-0.2, -0.15) is 0 Å². The van der Waals surface area contributed by atoms with Crippen LogP contribution in [0.15, 0.2) is 40.9 Å². The lowest BCUT2D eigenvalue weighted by atomic mass is 10.1. The van der Waals surface area contributed by atoms with E-state index in [0.717, 1.165) is 5.75 Å². The van der Waals surface area contributed by atoms with Crippen molar-refractivity contribution in [2.45, 2.75) is 6.92 Å². The molecule has 6 heteroatoms. The van der Waals surface area contributed by atoms with Gasteiger partial charge in [-0.15, -0.1) is 0 Å². The molecule has 5 nitrogen and oxygen atoms in total. The second kappa shape index (κ2) is 8.76. The van der Waals surface area contributed by atoms with Crippen LogP contribution in [0.3, 0.4) is 0 Å². The highest BCUT2D eigenvalue weighted by molar-refractivity contribution is 9.10. The van der Waals surface area contributed by atoms with Crippen molar-refractivity contribution in [2.24, 2.45) is 0 Å². The summed E-state index contributed by atoms with van der Waals surface area (Å²) in [6, 6.07) is 11.2. The van der Waals surface area contributed by atoms with Gasteiger partial charge in [0.1, 0.15) is 28.3 Å². The van der Waals surface area contributed by atoms with Crippen molar-refractivity contribution in [2.75, 3.05) is 34.4 Å². The number of methoxy groups -OCH3 is 2. The number of aryl methyl sites for hydroxylation is 1. The second-order valence-corrected chi connectivity index (χ2v) is 6.38. The predicted octanol–water partition coefficient (Wildman–Crippen LogP) is 3.93. The van der Waals surface area contributed by atoms with Crippen molar-refractivity contribution in [3.05, 3.63) is 52.0 Å². The minimum atomic E-state index is -0.128. The minimum absolute atomic E-state index is 0.128. The molecule has 0 bridgehead atoms. The number of ether oxygens (including phenoxy) is 3. The van der Waals surface area contributed by atoms with Gasteiger partial charge in [-0.05, 0) is 47.1 Å². The first-order chi connectivity index (χ1) is 12.0. The fourth-order valence-corrected chi connectivity index (χ4v) is 2.80. The number of halogens is 1. The first kappa shape index (κ1) is 19.1. The predicted molar refractivity (Wildman–Crippen MR) is 101 cm³/mol. The molecule has 2 aromatic rings. The van der Waals surface area contributed by atoms with E-state index in [-0.39, 0.29) is 5.91 Å². The maximum absolute atomic E-state index is 12.6. The van der Waals surface area contributed by atoms with Crippen molar-refractivity contribution >= 4 is 21.8 Å². The molecule has 2 rings (SSSR count). The van der Waals surface area contributed by atoms with Crippen molar-refractivity contribution in [3.8, 4) is 17.2 Å². The van der Waals surface area contributed by atoms with Crippen LogP contribution in [0.2, 0.25) is 0 Å². The lowest BCUT2D eigenvalue weighted by molar-refractivity contribution is 0.0773. The van der Waals surface area contributed by atoms with Gasteiger partial charge < -0.3 is 19.1 Å². The molecule has 0 saturated heterocycles. The van der Waals surface area contributed by atoms with Gasteiger partial charge in [0.15, 0.2) is 0 Å². The quantitative estimate of drug-likeness (QED) is 0.697. The largest absolute Gasteiger partial charge is 0.495 e. The third kappa shape index (κ3) is 4.89. The van der Waals surface area contributed by atoms with E-state index in [1.54, 1.807) is 38.3 Å². The summed E-state index contributed by atoms with van der Waals surface area (Å²) in [5.74, 6) is 1.76. The van der Waals surface area contributed by atoms with E-state index in [0.29, 0.717) is 34.7 Å². The average Bonchev–Trinajstić information content (AvgIpc) is 2.62. The van der Waals surface area contributed by atoms with E-state index in [1.807, 2.05) is 31.2 Å². The fourth-order valence-electron chi connectivity index (χ4n) is 2.25. The zero-order valence-corrected chi connectivity index (χ0v) is 16.4. The molecule has 134 valence electrons. The summed E-state index contributed by atoms with van der Waals surface area (Å²) in [5.41, 5.74) is 1.67. The minimum Gasteiger partial charge on any atom is -0.495 e. The van der Waals surface area contributed by atoms with Crippen LogP contribution in [0.25, 0.3) is 0 Å². The Hall–Kier alpha value is -2.21. The Morgan fingerprint density at radius 3 is 2.16 bits per heavy atom. The Kier molecular flexibility index (Phi) is 6.70. The van der Waals surface area contributed by atoms with Crippen molar-refractivity contribution in [1.29, 1.82) is 0 Å². The third-order valence-electron chi connectivity index (χ3n) is 3.76. The van der Waals surface area contributed by atoms with E-state index in [4.69, 9.17) is 14.2 Å². The molecule has 0 atom stereocenters. The number of nitrogens with zero attached hydrogens (tertiary/aromatic N) is 1. The molecule has 0 saturated carbocycles. The lowest BCUT2D eigenvalue weighted by Crippen LogP contribution is -2.30. The van der Waals surface area contributed by atoms with Gasteiger partial charge in [0.25, 0.3) is 5.91 Å².